The Morgan fingerprint density at radius 3 is 2.87 bits per heavy atom. The zero-order valence-electron chi connectivity index (χ0n) is 8.55. The number of hydrogen-bond acceptors (Lipinski definition) is 3. The van der Waals surface area contributed by atoms with E-state index >= 15 is 0 Å². The molecule has 0 aliphatic heterocycles. The predicted octanol–water partition coefficient (Wildman–Crippen LogP) is 2.53. The minimum atomic E-state index is -0.754. The molecule has 15 heavy (non-hydrogen) atoms. The number of aryl methyl sites for hydroxylation is 1. The van der Waals surface area contributed by atoms with Crippen LogP contribution in [0.25, 0.3) is 0 Å². The summed E-state index contributed by atoms with van der Waals surface area (Å²) < 4.78 is 12.8. The van der Waals surface area contributed by atoms with Crippen LogP contribution in [0.2, 0.25) is 0 Å². The van der Waals surface area contributed by atoms with Crippen LogP contribution in [-0.4, -0.2) is 17.6 Å². The van der Waals surface area contributed by atoms with Crippen LogP contribution < -0.4 is 5.32 Å². The molecule has 0 unspecified atom stereocenters. The average Bonchev–Trinajstić information content (AvgIpc) is 2.51. The Kier molecular flexibility index (Phi) is 2.73. The summed E-state index contributed by atoms with van der Waals surface area (Å²) in [5, 5.41) is 3.50. The van der Waals surface area contributed by atoms with E-state index in [1.54, 1.807) is 5.51 Å². The summed E-state index contributed by atoms with van der Waals surface area (Å²) in [5.74, 6) is -0.191. The highest BCUT2D eigenvalue weighted by Crippen LogP contribution is 2.42. The van der Waals surface area contributed by atoms with Crippen LogP contribution in [0, 0.1) is 12.3 Å². The first-order valence-corrected chi connectivity index (χ1v) is 5.83. The van der Waals surface area contributed by atoms with E-state index in [0.717, 1.165) is 17.1 Å². The summed E-state index contributed by atoms with van der Waals surface area (Å²) in [6, 6.07) is 0. The molecular weight excluding hydrogens is 215 g/mol. The Hall–Kier alpha value is -0.970. The number of hydrogen-bond donors (Lipinski definition) is 1. The van der Waals surface area contributed by atoms with E-state index in [4.69, 9.17) is 0 Å². The van der Waals surface area contributed by atoms with Crippen molar-refractivity contribution >= 4 is 22.2 Å². The third-order valence-electron chi connectivity index (χ3n) is 3.02. The maximum Gasteiger partial charge on any atom is 0.233 e. The summed E-state index contributed by atoms with van der Waals surface area (Å²) in [5.41, 5.74) is 1.71. The van der Waals surface area contributed by atoms with Gasteiger partial charge < -0.3 is 5.32 Å². The first kappa shape index (κ1) is 10.5. The Labute approximate surface area is 91.7 Å². The van der Waals surface area contributed by atoms with E-state index in [0.29, 0.717) is 12.8 Å². The van der Waals surface area contributed by atoms with Crippen LogP contribution in [-0.2, 0) is 4.79 Å². The Morgan fingerprint density at radius 1 is 1.73 bits per heavy atom. The van der Waals surface area contributed by atoms with Gasteiger partial charge in [0.25, 0.3) is 0 Å². The molecule has 1 N–H and O–H groups in total. The highest BCUT2D eigenvalue weighted by atomic mass is 32.1. The largest absolute Gasteiger partial charge is 0.316 e. The van der Waals surface area contributed by atoms with E-state index in [2.05, 4.69) is 10.3 Å². The fraction of sp³-hybridized carbons (Fsp3) is 0.600. The van der Waals surface area contributed by atoms with Crippen molar-refractivity contribution in [3.05, 3.63) is 11.2 Å². The number of anilines is 1. The Balaban J connectivity index is 2.07. The molecule has 1 amide bonds. The summed E-state index contributed by atoms with van der Waals surface area (Å²) >= 11 is 1.37. The topological polar surface area (TPSA) is 42.0 Å². The zero-order chi connectivity index (χ0) is 10.9. The maximum absolute atomic E-state index is 12.8. The SMILES string of the molecule is Cc1ncsc1NC(=O)C1(CF)CCC1. The second-order valence-electron chi connectivity index (χ2n) is 3.99. The van der Waals surface area contributed by atoms with Gasteiger partial charge in [-0.15, -0.1) is 11.3 Å². The van der Waals surface area contributed by atoms with Crippen molar-refractivity contribution in [2.75, 3.05) is 12.0 Å². The molecule has 2 rings (SSSR count). The fourth-order valence-electron chi connectivity index (χ4n) is 1.68. The summed E-state index contributed by atoms with van der Waals surface area (Å²) in [6.07, 6.45) is 2.26. The minimum absolute atomic E-state index is 0.191. The predicted molar refractivity (Wildman–Crippen MR) is 57.7 cm³/mol. The van der Waals surface area contributed by atoms with Gasteiger partial charge in [-0.2, -0.15) is 0 Å². The molecule has 0 atom stereocenters. The van der Waals surface area contributed by atoms with E-state index in [9.17, 15) is 9.18 Å². The van der Waals surface area contributed by atoms with Gasteiger partial charge in [-0.25, -0.2) is 9.37 Å². The van der Waals surface area contributed by atoms with Gasteiger partial charge in [-0.3, -0.25) is 4.79 Å². The van der Waals surface area contributed by atoms with Gasteiger partial charge in [0.1, 0.15) is 11.7 Å². The molecule has 82 valence electrons. The van der Waals surface area contributed by atoms with Crippen molar-refractivity contribution in [2.24, 2.45) is 5.41 Å². The number of carbonyl (C=O) groups is 1. The highest BCUT2D eigenvalue weighted by molar-refractivity contribution is 7.14. The van der Waals surface area contributed by atoms with Crippen molar-refractivity contribution in [3.63, 3.8) is 0 Å². The molecular formula is C10H13FN2OS. The van der Waals surface area contributed by atoms with Gasteiger partial charge in [0.15, 0.2) is 0 Å². The van der Waals surface area contributed by atoms with Crippen molar-refractivity contribution in [1.29, 1.82) is 0 Å². The lowest BCUT2D eigenvalue weighted by atomic mass is 9.69. The summed E-state index contributed by atoms with van der Waals surface area (Å²) in [4.78, 5) is 15.9. The molecule has 1 aliphatic rings. The number of thiazole rings is 1. The number of carbonyl (C=O) groups excluding carboxylic acids is 1. The molecule has 0 radical (unpaired) electrons. The van der Waals surface area contributed by atoms with E-state index in [-0.39, 0.29) is 5.91 Å². The van der Waals surface area contributed by atoms with Crippen LogP contribution in [0.5, 0.6) is 0 Å². The van der Waals surface area contributed by atoms with Crippen molar-refractivity contribution in [3.8, 4) is 0 Å². The van der Waals surface area contributed by atoms with Crippen LogP contribution in [0.4, 0.5) is 9.39 Å². The third-order valence-corrected chi connectivity index (χ3v) is 3.86. The zero-order valence-corrected chi connectivity index (χ0v) is 9.36. The average molecular weight is 228 g/mol. The van der Waals surface area contributed by atoms with Gasteiger partial charge in [0.05, 0.1) is 16.6 Å². The number of rotatable bonds is 3. The molecule has 0 spiro atoms. The number of nitrogens with one attached hydrogen (secondary N) is 1. The third kappa shape index (κ3) is 1.76. The number of amides is 1. The monoisotopic (exact) mass is 228 g/mol. The van der Waals surface area contributed by atoms with Crippen molar-refractivity contribution in [1.82, 2.24) is 4.98 Å². The Bertz CT molecular complexity index is 368. The van der Waals surface area contributed by atoms with Crippen LogP contribution >= 0.6 is 11.3 Å². The molecule has 0 saturated heterocycles. The normalized spacial score (nSPS) is 18.3. The highest BCUT2D eigenvalue weighted by Gasteiger charge is 2.44. The summed E-state index contributed by atoms with van der Waals surface area (Å²) in [7, 11) is 0. The van der Waals surface area contributed by atoms with Gasteiger partial charge in [-0.1, -0.05) is 6.42 Å². The van der Waals surface area contributed by atoms with Gasteiger partial charge in [0.2, 0.25) is 5.91 Å². The lowest BCUT2D eigenvalue weighted by molar-refractivity contribution is -0.131. The number of halogens is 1. The standard InChI is InChI=1S/C10H13FN2OS/c1-7-8(15-6-12-7)13-9(14)10(5-11)3-2-4-10/h6H,2-5H2,1H3,(H,13,14). The molecule has 5 heteroatoms. The molecule has 3 nitrogen and oxygen atoms in total. The smallest absolute Gasteiger partial charge is 0.233 e. The lowest BCUT2D eigenvalue weighted by Gasteiger charge is -2.37. The molecule has 1 aliphatic carbocycles. The van der Waals surface area contributed by atoms with Crippen molar-refractivity contribution < 1.29 is 9.18 Å². The van der Waals surface area contributed by atoms with Crippen LogP contribution in [0.3, 0.4) is 0 Å². The van der Waals surface area contributed by atoms with Crippen LogP contribution in [0.1, 0.15) is 25.0 Å². The molecule has 0 bridgehead atoms. The maximum atomic E-state index is 12.8. The van der Waals surface area contributed by atoms with Crippen molar-refractivity contribution in [2.45, 2.75) is 26.2 Å². The van der Waals surface area contributed by atoms with E-state index in [1.165, 1.54) is 11.3 Å². The molecule has 0 aromatic carbocycles. The summed E-state index contributed by atoms with van der Waals surface area (Å²) in [6.45, 7) is 1.27. The van der Waals surface area contributed by atoms with Crippen LogP contribution in [0.15, 0.2) is 5.51 Å². The number of alkyl halides is 1. The fourth-order valence-corrected chi connectivity index (χ4v) is 2.37. The first-order valence-electron chi connectivity index (χ1n) is 4.95. The van der Waals surface area contributed by atoms with Gasteiger partial charge in [-0.05, 0) is 19.8 Å². The quantitative estimate of drug-likeness (QED) is 0.863. The molecule has 1 saturated carbocycles. The second kappa shape index (κ2) is 3.89. The first-order chi connectivity index (χ1) is 7.18. The van der Waals surface area contributed by atoms with E-state index < -0.39 is 12.1 Å². The molecule has 1 aromatic rings. The van der Waals surface area contributed by atoms with E-state index in [1.807, 2.05) is 6.92 Å². The minimum Gasteiger partial charge on any atom is -0.316 e. The van der Waals surface area contributed by atoms with Gasteiger partial charge in [0, 0.05) is 0 Å². The second-order valence-corrected chi connectivity index (χ2v) is 4.84. The molecule has 1 fully saturated rings. The molecule has 1 heterocycles. The Morgan fingerprint density at radius 2 is 2.47 bits per heavy atom. The van der Waals surface area contributed by atoms with Gasteiger partial charge >= 0.3 is 0 Å². The number of aromatic nitrogens is 1. The molecule has 1 aromatic heterocycles. The lowest BCUT2D eigenvalue weighted by Crippen LogP contribution is -2.43. The number of nitrogens with zero attached hydrogens (tertiary/aromatic N) is 1.